The molecule has 0 aromatic heterocycles. The first-order valence-electron chi connectivity index (χ1n) is 7.23. The first-order chi connectivity index (χ1) is 9.12. The van der Waals surface area contributed by atoms with E-state index < -0.39 is 0 Å². The Morgan fingerprint density at radius 2 is 1.79 bits per heavy atom. The Morgan fingerprint density at radius 1 is 1.16 bits per heavy atom. The summed E-state index contributed by atoms with van der Waals surface area (Å²) in [4.78, 5) is 2.48. The molecule has 0 fully saturated rings. The van der Waals surface area contributed by atoms with Crippen LogP contribution >= 0.6 is 0 Å². The maximum atomic E-state index is 5.22. The van der Waals surface area contributed by atoms with Crippen LogP contribution in [0.25, 0.3) is 0 Å². The summed E-state index contributed by atoms with van der Waals surface area (Å²) in [5.41, 5.74) is 1.32. The van der Waals surface area contributed by atoms with Crippen molar-refractivity contribution in [2.75, 3.05) is 26.7 Å². The van der Waals surface area contributed by atoms with Gasteiger partial charge < -0.3 is 10.1 Å². The van der Waals surface area contributed by atoms with Gasteiger partial charge in [-0.25, -0.2) is 0 Å². The number of nitrogens with zero attached hydrogens (tertiary/aromatic N) is 1. The van der Waals surface area contributed by atoms with E-state index >= 15 is 0 Å². The highest BCUT2D eigenvalue weighted by atomic mass is 16.5. The molecule has 0 aliphatic carbocycles. The van der Waals surface area contributed by atoms with Crippen LogP contribution < -0.4 is 10.1 Å². The number of methoxy groups -OCH3 is 1. The number of likely N-dealkylation sites (N-methyl/N-ethyl adjacent to an activating group) is 2. The Morgan fingerprint density at radius 3 is 2.21 bits per heavy atom. The lowest BCUT2D eigenvalue weighted by atomic mass is 10.1. The maximum absolute atomic E-state index is 5.22. The first-order valence-corrected chi connectivity index (χ1v) is 7.23. The van der Waals surface area contributed by atoms with Gasteiger partial charge in [-0.15, -0.1) is 0 Å². The molecule has 1 aromatic carbocycles. The van der Waals surface area contributed by atoms with Gasteiger partial charge >= 0.3 is 0 Å². The molecule has 0 saturated carbocycles. The van der Waals surface area contributed by atoms with Gasteiger partial charge in [-0.05, 0) is 44.6 Å². The fraction of sp³-hybridized carbons (Fsp3) is 0.625. The van der Waals surface area contributed by atoms with E-state index in [4.69, 9.17) is 4.74 Å². The van der Waals surface area contributed by atoms with Crippen molar-refractivity contribution in [1.29, 1.82) is 0 Å². The van der Waals surface area contributed by atoms with Crippen LogP contribution in [0.3, 0.4) is 0 Å². The van der Waals surface area contributed by atoms with Crippen LogP contribution in [0, 0.1) is 0 Å². The van der Waals surface area contributed by atoms with Crippen LogP contribution in [0.1, 0.15) is 39.3 Å². The summed E-state index contributed by atoms with van der Waals surface area (Å²) >= 11 is 0. The molecule has 0 radical (unpaired) electrons. The molecule has 0 bridgehead atoms. The minimum atomic E-state index is 0.373. The highest BCUT2D eigenvalue weighted by Crippen LogP contribution is 2.19. The number of nitrogens with one attached hydrogen (secondary N) is 1. The van der Waals surface area contributed by atoms with Crippen molar-refractivity contribution in [3.8, 4) is 5.75 Å². The Labute approximate surface area is 118 Å². The van der Waals surface area contributed by atoms with Crippen molar-refractivity contribution in [3.05, 3.63) is 29.8 Å². The second-order valence-electron chi connectivity index (χ2n) is 5.06. The second-order valence-corrected chi connectivity index (χ2v) is 5.06. The monoisotopic (exact) mass is 264 g/mol. The van der Waals surface area contributed by atoms with Crippen molar-refractivity contribution in [1.82, 2.24) is 10.2 Å². The Hall–Kier alpha value is -1.06. The van der Waals surface area contributed by atoms with E-state index in [-0.39, 0.29) is 0 Å². The fourth-order valence-corrected chi connectivity index (χ4v) is 2.31. The van der Waals surface area contributed by atoms with E-state index in [1.165, 1.54) is 5.56 Å². The zero-order chi connectivity index (χ0) is 14.3. The average molecular weight is 264 g/mol. The Bertz CT molecular complexity index is 348. The molecule has 0 aliphatic rings. The molecular formula is C16H28N2O. The van der Waals surface area contributed by atoms with Gasteiger partial charge in [0.1, 0.15) is 5.75 Å². The summed E-state index contributed by atoms with van der Waals surface area (Å²) in [5, 5.41) is 3.57. The number of ether oxygens (including phenoxy) is 1. The molecule has 3 heteroatoms. The summed E-state index contributed by atoms with van der Waals surface area (Å²) in [7, 11) is 1.70. The molecule has 1 rings (SSSR count). The van der Waals surface area contributed by atoms with Crippen LogP contribution in [-0.4, -0.2) is 37.7 Å². The van der Waals surface area contributed by atoms with E-state index in [2.05, 4.69) is 50.0 Å². The van der Waals surface area contributed by atoms with E-state index in [1.54, 1.807) is 7.11 Å². The van der Waals surface area contributed by atoms with Crippen molar-refractivity contribution >= 4 is 0 Å². The minimum Gasteiger partial charge on any atom is -0.497 e. The smallest absolute Gasteiger partial charge is 0.118 e. The lowest BCUT2D eigenvalue weighted by molar-refractivity contribution is 0.208. The second kappa shape index (κ2) is 8.18. The standard InChI is InChI=1S/C16H28N2O/c1-6-17-16(12-18(7-2)13(3)4)14-8-10-15(19-5)11-9-14/h8-11,13,16-17H,6-7,12H2,1-5H3. The van der Waals surface area contributed by atoms with Crippen LogP contribution in [-0.2, 0) is 0 Å². The zero-order valence-corrected chi connectivity index (χ0v) is 12.9. The maximum Gasteiger partial charge on any atom is 0.118 e. The van der Waals surface area contributed by atoms with Crippen molar-refractivity contribution in [2.24, 2.45) is 0 Å². The summed E-state index contributed by atoms with van der Waals surface area (Å²) in [5.74, 6) is 0.912. The van der Waals surface area contributed by atoms with Crippen molar-refractivity contribution < 1.29 is 4.74 Å². The van der Waals surface area contributed by atoms with Gasteiger partial charge in [-0.3, -0.25) is 4.90 Å². The van der Waals surface area contributed by atoms with Gasteiger partial charge in [0.05, 0.1) is 7.11 Å². The molecular weight excluding hydrogens is 236 g/mol. The summed E-state index contributed by atoms with van der Waals surface area (Å²) in [6, 6.07) is 9.32. The number of benzene rings is 1. The highest BCUT2D eigenvalue weighted by molar-refractivity contribution is 5.29. The molecule has 0 amide bonds. The van der Waals surface area contributed by atoms with Gasteiger partial charge in [0.25, 0.3) is 0 Å². The Kier molecular flexibility index (Phi) is 6.89. The molecule has 3 nitrogen and oxygen atoms in total. The number of rotatable bonds is 8. The lowest BCUT2D eigenvalue weighted by Gasteiger charge is -2.30. The van der Waals surface area contributed by atoms with E-state index in [0.29, 0.717) is 12.1 Å². The predicted molar refractivity (Wildman–Crippen MR) is 81.8 cm³/mol. The molecule has 0 saturated heterocycles. The van der Waals surface area contributed by atoms with E-state index in [1.807, 2.05) is 12.1 Å². The average Bonchev–Trinajstić information content (AvgIpc) is 2.43. The molecule has 0 heterocycles. The van der Waals surface area contributed by atoms with Gasteiger partial charge in [0, 0.05) is 18.6 Å². The molecule has 1 atom stereocenters. The molecule has 1 N–H and O–H groups in total. The molecule has 19 heavy (non-hydrogen) atoms. The van der Waals surface area contributed by atoms with Crippen molar-refractivity contribution in [2.45, 2.75) is 39.8 Å². The van der Waals surface area contributed by atoms with Crippen LogP contribution in [0.2, 0.25) is 0 Å². The van der Waals surface area contributed by atoms with Crippen LogP contribution in [0.4, 0.5) is 0 Å². The van der Waals surface area contributed by atoms with Crippen molar-refractivity contribution in [3.63, 3.8) is 0 Å². The highest BCUT2D eigenvalue weighted by Gasteiger charge is 2.16. The third-order valence-electron chi connectivity index (χ3n) is 3.52. The van der Waals surface area contributed by atoms with Gasteiger partial charge in [-0.1, -0.05) is 26.0 Å². The zero-order valence-electron chi connectivity index (χ0n) is 12.9. The van der Waals surface area contributed by atoms with E-state index in [9.17, 15) is 0 Å². The fourth-order valence-electron chi connectivity index (χ4n) is 2.31. The normalized spacial score (nSPS) is 13.0. The molecule has 1 aromatic rings. The number of hydrogen-bond acceptors (Lipinski definition) is 3. The molecule has 0 aliphatic heterocycles. The molecule has 1 unspecified atom stereocenters. The SMILES string of the molecule is CCNC(CN(CC)C(C)C)c1ccc(OC)cc1. The topological polar surface area (TPSA) is 24.5 Å². The quantitative estimate of drug-likeness (QED) is 0.781. The third-order valence-corrected chi connectivity index (χ3v) is 3.52. The third kappa shape index (κ3) is 4.84. The van der Waals surface area contributed by atoms with Crippen LogP contribution in [0.15, 0.2) is 24.3 Å². The summed E-state index contributed by atoms with van der Waals surface area (Å²) in [6.07, 6.45) is 0. The van der Waals surface area contributed by atoms with Gasteiger partial charge in [0.15, 0.2) is 0 Å². The summed E-state index contributed by atoms with van der Waals surface area (Å²) < 4.78 is 5.22. The Balaban J connectivity index is 2.80. The van der Waals surface area contributed by atoms with Gasteiger partial charge in [0.2, 0.25) is 0 Å². The van der Waals surface area contributed by atoms with E-state index in [0.717, 1.165) is 25.4 Å². The lowest BCUT2D eigenvalue weighted by Crippen LogP contribution is -2.39. The minimum absolute atomic E-state index is 0.373. The summed E-state index contributed by atoms with van der Waals surface area (Å²) in [6.45, 7) is 12.0. The number of hydrogen-bond donors (Lipinski definition) is 1. The van der Waals surface area contributed by atoms with Crippen LogP contribution in [0.5, 0.6) is 5.75 Å². The molecule has 108 valence electrons. The first kappa shape index (κ1) is 16.0. The van der Waals surface area contributed by atoms with Gasteiger partial charge in [-0.2, -0.15) is 0 Å². The largest absolute Gasteiger partial charge is 0.497 e. The molecule has 0 spiro atoms. The predicted octanol–water partition coefficient (Wildman–Crippen LogP) is 3.08.